The van der Waals surface area contributed by atoms with Gasteiger partial charge in [0.1, 0.15) is 5.60 Å². The molecule has 2 fully saturated rings. The van der Waals surface area contributed by atoms with Crippen LogP contribution >= 0.6 is 0 Å². The quantitative estimate of drug-likeness (QED) is 0.823. The standard InChI is InChI=1S/C16H29N3O3/c1-16(2,3)22-15(21)18-13-8-6-7-12(11-13)17-14(20)19-9-4-5-10-19/h12-13H,4-11H2,1-3H3,(H,17,20)(H,18,21)/t12-,13+/m1/s1. The molecular formula is C16H29N3O3. The van der Waals surface area contributed by atoms with E-state index in [4.69, 9.17) is 4.74 Å². The van der Waals surface area contributed by atoms with Crippen LogP contribution < -0.4 is 10.6 Å². The fraction of sp³-hybridized carbons (Fsp3) is 0.875. The summed E-state index contributed by atoms with van der Waals surface area (Å²) < 4.78 is 5.29. The zero-order valence-electron chi connectivity index (χ0n) is 14.0. The van der Waals surface area contributed by atoms with Crippen LogP contribution in [0.15, 0.2) is 0 Å². The number of likely N-dealkylation sites (tertiary alicyclic amines) is 1. The fourth-order valence-corrected chi connectivity index (χ4v) is 3.11. The number of urea groups is 1. The maximum Gasteiger partial charge on any atom is 0.407 e. The highest BCUT2D eigenvalue weighted by atomic mass is 16.6. The Morgan fingerprint density at radius 3 is 2.18 bits per heavy atom. The van der Waals surface area contributed by atoms with Crippen LogP contribution in [0.2, 0.25) is 0 Å². The molecule has 3 amide bonds. The molecule has 1 aliphatic carbocycles. The van der Waals surface area contributed by atoms with E-state index in [0.717, 1.165) is 51.6 Å². The largest absolute Gasteiger partial charge is 0.444 e. The Hall–Kier alpha value is -1.46. The Morgan fingerprint density at radius 2 is 1.59 bits per heavy atom. The first-order valence-corrected chi connectivity index (χ1v) is 8.38. The summed E-state index contributed by atoms with van der Waals surface area (Å²) >= 11 is 0. The van der Waals surface area contributed by atoms with Crippen LogP contribution in [-0.2, 0) is 4.74 Å². The predicted molar refractivity (Wildman–Crippen MR) is 84.8 cm³/mol. The van der Waals surface area contributed by atoms with Crippen LogP contribution in [0.1, 0.15) is 59.3 Å². The number of alkyl carbamates (subject to hydrolysis) is 1. The van der Waals surface area contributed by atoms with Crippen molar-refractivity contribution >= 4 is 12.1 Å². The van der Waals surface area contributed by atoms with Crippen LogP contribution in [-0.4, -0.2) is 47.8 Å². The maximum absolute atomic E-state index is 12.1. The van der Waals surface area contributed by atoms with Crippen molar-refractivity contribution in [2.24, 2.45) is 0 Å². The average molecular weight is 311 g/mol. The third kappa shape index (κ3) is 5.39. The second-order valence-electron chi connectivity index (χ2n) is 7.35. The summed E-state index contributed by atoms with van der Waals surface area (Å²) in [5.41, 5.74) is -0.484. The molecule has 2 rings (SSSR count). The molecule has 126 valence electrons. The van der Waals surface area contributed by atoms with Gasteiger partial charge in [0.2, 0.25) is 0 Å². The summed E-state index contributed by atoms with van der Waals surface area (Å²) in [6.45, 7) is 7.28. The van der Waals surface area contributed by atoms with E-state index < -0.39 is 5.60 Å². The van der Waals surface area contributed by atoms with E-state index >= 15 is 0 Å². The highest BCUT2D eigenvalue weighted by Gasteiger charge is 2.28. The Kier molecular flexibility index (Phi) is 5.53. The highest BCUT2D eigenvalue weighted by molar-refractivity contribution is 5.74. The topological polar surface area (TPSA) is 70.7 Å². The summed E-state index contributed by atoms with van der Waals surface area (Å²) in [5, 5.41) is 6.03. The summed E-state index contributed by atoms with van der Waals surface area (Å²) in [5.74, 6) is 0. The lowest BCUT2D eigenvalue weighted by atomic mass is 9.91. The summed E-state index contributed by atoms with van der Waals surface area (Å²) in [6, 6.07) is 0.259. The molecule has 2 N–H and O–H groups in total. The van der Waals surface area contributed by atoms with Gasteiger partial charge in [0.05, 0.1) is 0 Å². The molecule has 0 aromatic carbocycles. The third-order valence-corrected chi connectivity index (χ3v) is 4.12. The molecule has 2 aliphatic rings. The van der Waals surface area contributed by atoms with E-state index in [1.165, 1.54) is 0 Å². The molecule has 1 aliphatic heterocycles. The Labute approximate surface area is 132 Å². The summed E-state index contributed by atoms with van der Waals surface area (Å²) in [7, 11) is 0. The molecule has 0 spiro atoms. The van der Waals surface area contributed by atoms with Crippen molar-refractivity contribution in [1.29, 1.82) is 0 Å². The first-order chi connectivity index (χ1) is 10.3. The minimum Gasteiger partial charge on any atom is -0.444 e. The minimum atomic E-state index is -0.484. The van der Waals surface area contributed by atoms with Crippen molar-refractivity contribution in [1.82, 2.24) is 15.5 Å². The second-order valence-corrected chi connectivity index (χ2v) is 7.35. The molecule has 0 aromatic rings. The van der Waals surface area contributed by atoms with E-state index in [1.807, 2.05) is 25.7 Å². The first-order valence-electron chi connectivity index (χ1n) is 8.38. The second kappa shape index (κ2) is 7.20. The smallest absolute Gasteiger partial charge is 0.407 e. The molecule has 6 heteroatoms. The number of hydrogen-bond acceptors (Lipinski definition) is 3. The van der Waals surface area contributed by atoms with Crippen molar-refractivity contribution in [2.75, 3.05) is 13.1 Å². The van der Waals surface area contributed by atoms with Crippen molar-refractivity contribution in [3.8, 4) is 0 Å². The number of amides is 3. The van der Waals surface area contributed by atoms with Crippen molar-refractivity contribution in [3.05, 3.63) is 0 Å². The van der Waals surface area contributed by atoms with Crippen LogP contribution in [0.3, 0.4) is 0 Å². The zero-order chi connectivity index (χ0) is 16.2. The van der Waals surface area contributed by atoms with Gasteiger partial charge in [-0.2, -0.15) is 0 Å². The molecule has 22 heavy (non-hydrogen) atoms. The SMILES string of the molecule is CC(C)(C)OC(=O)N[C@H]1CCC[C@@H](NC(=O)N2CCCC2)C1. The highest BCUT2D eigenvalue weighted by Crippen LogP contribution is 2.20. The van der Waals surface area contributed by atoms with E-state index in [9.17, 15) is 9.59 Å². The van der Waals surface area contributed by atoms with Gasteiger partial charge in [0, 0.05) is 25.2 Å². The first kappa shape index (κ1) is 16.9. The number of carbonyl (C=O) groups excluding carboxylic acids is 2. The molecule has 0 unspecified atom stereocenters. The van der Waals surface area contributed by atoms with E-state index in [2.05, 4.69) is 10.6 Å². The molecule has 2 atom stereocenters. The Balaban J connectivity index is 1.76. The van der Waals surface area contributed by atoms with Gasteiger partial charge in [0.15, 0.2) is 0 Å². The number of rotatable bonds is 2. The van der Waals surface area contributed by atoms with Gasteiger partial charge in [-0.15, -0.1) is 0 Å². The van der Waals surface area contributed by atoms with E-state index in [1.54, 1.807) is 0 Å². The van der Waals surface area contributed by atoms with E-state index in [0.29, 0.717) is 0 Å². The van der Waals surface area contributed by atoms with Crippen LogP contribution in [0.5, 0.6) is 0 Å². The van der Waals surface area contributed by atoms with Crippen LogP contribution in [0, 0.1) is 0 Å². The molecule has 1 saturated heterocycles. The van der Waals surface area contributed by atoms with Gasteiger partial charge in [-0.05, 0) is 59.3 Å². The molecule has 6 nitrogen and oxygen atoms in total. The monoisotopic (exact) mass is 311 g/mol. The molecular weight excluding hydrogens is 282 g/mol. The normalized spacial score (nSPS) is 25.7. The number of nitrogens with zero attached hydrogens (tertiary/aromatic N) is 1. The number of carbonyl (C=O) groups is 2. The maximum atomic E-state index is 12.1. The fourth-order valence-electron chi connectivity index (χ4n) is 3.11. The number of ether oxygens (including phenoxy) is 1. The Morgan fingerprint density at radius 1 is 1.00 bits per heavy atom. The van der Waals surface area contributed by atoms with Crippen LogP contribution in [0.4, 0.5) is 9.59 Å². The van der Waals surface area contributed by atoms with Gasteiger partial charge < -0.3 is 20.3 Å². The minimum absolute atomic E-state index is 0.0421. The average Bonchev–Trinajstić information content (AvgIpc) is 2.90. The molecule has 0 bridgehead atoms. The lowest BCUT2D eigenvalue weighted by Gasteiger charge is -2.32. The predicted octanol–water partition coefficient (Wildman–Crippen LogP) is 2.63. The van der Waals surface area contributed by atoms with Gasteiger partial charge in [-0.1, -0.05) is 0 Å². The Bertz CT molecular complexity index is 400. The van der Waals surface area contributed by atoms with E-state index in [-0.39, 0.29) is 24.2 Å². The van der Waals surface area contributed by atoms with Gasteiger partial charge in [-0.3, -0.25) is 0 Å². The number of nitrogens with one attached hydrogen (secondary N) is 2. The van der Waals surface area contributed by atoms with Crippen molar-refractivity contribution < 1.29 is 14.3 Å². The lowest BCUT2D eigenvalue weighted by molar-refractivity contribution is 0.0489. The molecule has 1 heterocycles. The van der Waals surface area contributed by atoms with Crippen molar-refractivity contribution in [3.63, 3.8) is 0 Å². The molecule has 0 radical (unpaired) electrons. The van der Waals surface area contributed by atoms with Gasteiger partial charge in [0.25, 0.3) is 0 Å². The zero-order valence-corrected chi connectivity index (χ0v) is 14.0. The van der Waals surface area contributed by atoms with Gasteiger partial charge in [-0.25, -0.2) is 9.59 Å². The lowest BCUT2D eigenvalue weighted by Crippen LogP contribution is -2.49. The molecule has 0 aromatic heterocycles. The molecule has 1 saturated carbocycles. The number of hydrogen-bond donors (Lipinski definition) is 2. The third-order valence-electron chi connectivity index (χ3n) is 4.12. The van der Waals surface area contributed by atoms with Crippen LogP contribution in [0.25, 0.3) is 0 Å². The van der Waals surface area contributed by atoms with Gasteiger partial charge >= 0.3 is 12.1 Å². The summed E-state index contributed by atoms with van der Waals surface area (Å²) in [4.78, 5) is 25.8. The van der Waals surface area contributed by atoms with Crippen molar-refractivity contribution in [2.45, 2.75) is 77.0 Å². The summed E-state index contributed by atoms with van der Waals surface area (Å²) in [6.07, 6.45) is 5.53.